The highest BCUT2D eigenvalue weighted by Crippen LogP contribution is 2.13. The topological polar surface area (TPSA) is 38.8 Å². The molecule has 0 aliphatic carbocycles. The van der Waals surface area contributed by atoms with E-state index in [-0.39, 0.29) is 12.1 Å². The van der Waals surface area contributed by atoms with Gasteiger partial charge in [0.25, 0.3) is 0 Å². The molecule has 2 rings (SSSR count). The third-order valence-corrected chi connectivity index (χ3v) is 2.37. The molecule has 1 aliphatic heterocycles. The summed E-state index contributed by atoms with van der Waals surface area (Å²) >= 11 is 1.39. The summed E-state index contributed by atoms with van der Waals surface area (Å²) in [6.07, 6.45) is 0.147. The molecule has 1 fully saturated rings. The van der Waals surface area contributed by atoms with Gasteiger partial charge in [-0.25, -0.2) is 4.79 Å². The third-order valence-electron chi connectivity index (χ3n) is 1.53. The highest BCUT2D eigenvalue weighted by molar-refractivity contribution is 7.11. The van der Waals surface area contributed by atoms with Crippen molar-refractivity contribution in [2.45, 2.75) is 6.10 Å². The van der Waals surface area contributed by atoms with Gasteiger partial charge in [0.15, 0.2) is 0 Å². The standard InChI is InChI=1S/C8H8O3S/c9-8(7-2-1-3-12-7)11-5-6-4-10-6/h1-3,6H,4-5H2/t6-/m0/s1. The minimum atomic E-state index is -0.250. The van der Waals surface area contributed by atoms with E-state index in [0.717, 1.165) is 6.61 Å². The van der Waals surface area contributed by atoms with Crippen LogP contribution in [0.25, 0.3) is 0 Å². The lowest BCUT2D eigenvalue weighted by Crippen LogP contribution is -2.08. The van der Waals surface area contributed by atoms with E-state index in [9.17, 15) is 4.79 Å². The first-order valence-corrected chi connectivity index (χ1v) is 4.56. The summed E-state index contributed by atoms with van der Waals surface area (Å²) < 4.78 is 9.86. The van der Waals surface area contributed by atoms with Gasteiger partial charge in [-0.15, -0.1) is 11.3 Å². The number of ether oxygens (including phenoxy) is 2. The Morgan fingerprint density at radius 3 is 3.25 bits per heavy atom. The molecule has 4 heteroatoms. The van der Waals surface area contributed by atoms with Crippen molar-refractivity contribution in [3.63, 3.8) is 0 Å². The Bertz CT molecular complexity index is 264. The number of epoxide rings is 1. The van der Waals surface area contributed by atoms with E-state index >= 15 is 0 Å². The second kappa shape index (κ2) is 3.25. The average molecular weight is 184 g/mol. The van der Waals surface area contributed by atoms with E-state index in [1.165, 1.54) is 11.3 Å². The molecule has 64 valence electrons. The van der Waals surface area contributed by atoms with Crippen molar-refractivity contribution in [1.82, 2.24) is 0 Å². The largest absolute Gasteiger partial charge is 0.459 e. The zero-order valence-corrected chi connectivity index (χ0v) is 7.17. The summed E-state index contributed by atoms with van der Waals surface area (Å²) in [6.45, 7) is 1.11. The van der Waals surface area contributed by atoms with Gasteiger partial charge in [0, 0.05) is 0 Å². The second-order valence-electron chi connectivity index (χ2n) is 2.53. The van der Waals surface area contributed by atoms with Crippen LogP contribution in [0.3, 0.4) is 0 Å². The van der Waals surface area contributed by atoms with Gasteiger partial charge < -0.3 is 9.47 Å². The molecule has 1 aliphatic rings. The summed E-state index contributed by atoms with van der Waals surface area (Å²) in [4.78, 5) is 11.8. The number of carbonyl (C=O) groups excluding carboxylic acids is 1. The number of rotatable bonds is 3. The van der Waals surface area contributed by atoms with Crippen molar-refractivity contribution in [1.29, 1.82) is 0 Å². The first kappa shape index (κ1) is 7.76. The van der Waals surface area contributed by atoms with Crippen LogP contribution in [0, 0.1) is 0 Å². The van der Waals surface area contributed by atoms with Crippen LogP contribution in [-0.4, -0.2) is 25.3 Å². The van der Waals surface area contributed by atoms with E-state index in [1.54, 1.807) is 6.07 Å². The zero-order valence-electron chi connectivity index (χ0n) is 6.36. The first-order chi connectivity index (χ1) is 5.86. The fraction of sp³-hybridized carbons (Fsp3) is 0.375. The van der Waals surface area contributed by atoms with Crippen LogP contribution in [0.1, 0.15) is 9.67 Å². The molecule has 0 saturated carbocycles. The smallest absolute Gasteiger partial charge is 0.348 e. The molecule has 1 aromatic rings. The Morgan fingerprint density at radius 2 is 2.67 bits per heavy atom. The van der Waals surface area contributed by atoms with Crippen molar-refractivity contribution in [3.05, 3.63) is 22.4 Å². The molecule has 1 aromatic heterocycles. The number of esters is 1. The quantitative estimate of drug-likeness (QED) is 0.525. The first-order valence-electron chi connectivity index (χ1n) is 3.68. The number of carbonyl (C=O) groups is 1. The molecule has 0 unspecified atom stereocenters. The molecule has 2 heterocycles. The van der Waals surface area contributed by atoms with Gasteiger partial charge in [-0.05, 0) is 11.4 Å². The Morgan fingerprint density at radius 1 is 1.83 bits per heavy atom. The molecule has 1 atom stereocenters. The van der Waals surface area contributed by atoms with Crippen molar-refractivity contribution in [2.75, 3.05) is 13.2 Å². The van der Waals surface area contributed by atoms with Gasteiger partial charge in [0.05, 0.1) is 6.61 Å². The predicted octanol–water partition coefficient (Wildman–Crippen LogP) is 1.30. The van der Waals surface area contributed by atoms with Crippen molar-refractivity contribution < 1.29 is 14.3 Å². The highest BCUT2D eigenvalue weighted by Gasteiger charge is 2.24. The normalized spacial score (nSPS) is 20.5. The van der Waals surface area contributed by atoms with Gasteiger partial charge in [-0.2, -0.15) is 0 Å². The molecule has 0 aromatic carbocycles. The predicted molar refractivity (Wildman–Crippen MR) is 44.3 cm³/mol. The van der Waals surface area contributed by atoms with Crippen molar-refractivity contribution in [3.8, 4) is 0 Å². The van der Waals surface area contributed by atoms with Crippen LogP contribution in [0.15, 0.2) is 17.5 Å². The highest BCUT2D eigenvalue weighted by atomic mass is 32.1. The fourth-order valence-corrected chi connectivity index (χ4v) is 1.41. The molecule has 12 heavy (non-hydrogen) atoms. The van der Waals surface area contributed by atoms with Crippen LogP contribution in [0.5, 0.6) is 0 Å². The molecule has 0 spiro atoms. The molecule has 0 bridgehead atoms. The number of hydrogen-bond donors (Lipinski definition) is 0. The molecule has 0 N–H and O–H groups in total. The van der Waals surface area contributed by atoms with E-state index in [0.29, 0.717) is 11.5 Å². The molecule has 0 radical (unpaired) electrons. The molecule has 1 saturated heterocycles. The Balaban J connectivity index is 1.83. The van der Waals surface area contributed by atoms with Crippen LogP contribution < -0.4 is 0 Å². The Kier molecular flexibility index (Phi) is 2.10. The monoisotopic (exact) mass is 184 g/mol. The summed E-state index contributed by atoms with van der Waals surface area (Å²) in [7, 11) is 0. The maximum atomic E-state index is 11.2. The van der Waals surface area contributed by atoms with Gasteiger partial charge in [0.2, 0.25) is 0 Å². The van der Waals surface area contributed by atoms with Crippen LogP contribution in [-0.2, 0) is 9.47 Å². The van der Waals surface area contributed by atoms with Gasteiger partial charge in [0.1, 0.15) is 17.6 Å². The Labute approximate surface area is 73.9 Å². The van der Waals surface area contributed by atoms with Crippen molar-refractivity contribution in [2.24, 2.45) is 0 Å². The van der Waals surface area contributed by atoms with E-state index in [4.69, 9.17) is 9.47 Å². The summed E-state index contributed by atoms with van der Waals surface area (Å²) in [5.74, 6) is -0.250. The number of hydrogen-bond acceptors (Lipinski definition) is 4. The van der Waals surface area contributed by atoms with Crippen LogP contribution in [0.2, 0.25) is 0 Å². The fourth-order valence-electron chi connectivity index (χ4n) is 0.799. The third kappa shape index (κ3) is 1.84. The minimum Gasteiger partial charge on any atom is -0.459 e. The number of thiophene rings is 1. The van der Waals surface area contributed by atoms with E-state index in [1.807, 2.05) is 11.4 Å². The maximum absolute atomic E-state index is 11.2. The minimum absolute atomic E-state index is 0.147. The maximum Gasteiger partial charge on any atom is 0.348 e. The van der Waals surface area contributed by atoms with Gasteiger partial charge in [-0.1, -0.05) is 6.07 Å². The van der Waals surface area contributed by atoms with Gasteiger partial charge >= 0.3 is 5.97 Å². The van der Waals surface area contributed by atoms with Crippen LogP contribution in [0.4, 0.5) is 0 Å². The summed E-state index contributed by atoms with van der Waals surface area (Å²) in [5.41, 5.74) is 0. The lowest BCUT2D eigenvalue weighted by molar-refractivity contribution is 0.0482. The van der Waals surface area contributed by atoms with E-state index in [2.05, 4.69) is 0 Å². The zero-order chi connectivity index (χ0) is 8.39. The molecular formula is C8H8O3S. The van der Waals surface area contributed by atoms with Gasteiger partial charge in [-0.3, -0.25) is 0 Å². The SMILES string of the molecule is O=C(OC[C@@H]1CO1)c1cccs1. The average Bonchev–Trinajstić information content (AvgIpc) is 2.74. The second-order valence-corrected chi connectivity index (χ2v) is 3.48. The lowest BCUT2D eigenvalue weighted by atomic mass is 10.5. The van der Waals surface area contributed by atoms with Crippen LogP contribution >= 0.6 is 11.3 Å². The van der Waals surface area contributed by atoms with E-state index < -0.39 is 0 Å². The Hall–Kier alpha value is -0.870. The summed E-state index contributed by atoms with van der Waals surface area (Å²) in [5, 5.41) is 1.85. The molecule has 0 amide bonds. The molecular weight excluding hydrogens is 176 g/mol. The lowest BCUT2D eigenvalue weighted by Gasteiger charge is -1.98. The summed E-state index contributed by atoms with van der Waals surface area (Å²) in [6, 6.07) is 3.58. The van der Waals surface area contributed by atoms with Crippen molar-refractivity contribution >= 4 is 17.3 Å². The molecule has 3 nitrogen and oxygen atoms in total.